The van der Waals surface area contributed by atoms with Crippen LogP contribution in [-0.4, -0.2) is 47.6 Å². The van der Waals surface area contributed by atoms with Gasteiger partial charge in [-0.25, -0.2) is 0 Å². The number of hydrogen-bond acceptors (Lipinski definition) is 3. The molecule has 0 rings (SSSR count). The molecule has 6 heteroatoms. The first-order valence-electron chi connectivity index (χ1n) is 1.12. The molecule has 0 amide bonds. The normalized spacial score (nSPS) is 10.0. The second-order valence-corrected chi connectivity index (χ2v) is 2.91. The predicted molar refractivity (Wildman–Crippen MR) is 32.6 cm³/mol. The standard InChI is InChI=1S/CH4O3S2.Na.H/c2-6(3,4)1-5;;/h5H,1H2,(H,2,3,4);;. The molecule has 40 valence electrons. The average molecular weight is 152 g/mol. The van der Waals surface area contributed by atoms with Crippen LogP contribution in [-0.2, 0) is 10.1 Å². The Bertz CT molecular complexity index is 115. The molecule has 0 spiro atoms. The van der Waals surface area contributed by atoms with E-state index in [1.54, 1.807) is 0 Å². The molecule has 0 saturated heterocycles. The van der Waals surface area contributed by atoms with Gasteiger partial charge in [-0.15, -0.1) is 0 Å². The molecule has 0 bridgehead atoms. The number of thiol groups is 1. The van der Waals surface area contributed by atoms with Crippen molar-refractivity contribution in [3.05, 3.63) is 0 Å². The predicted octanol–water partition coefficient (Wildman–Crippen LogP) is -0.887. The molecule has 0 aromatic rings. The molecule has 0 radical (unpaired) electrons. The summed E-state index contributed by atoms with van der Waals surface area (Å²) in [4.78, 5) is 0. The minimum atomic E-state index is -3.80. The van der Waals surface area contributed by atoms with Gasteiger partial charge in [-0.3, -0.25) is 4.55 Å². The molecular weight excluding hydrogens is 147 g/mol. The van der Waals surface area contributed by atoms with Gasteiger partial charge in [-0.2, -0.15) is 21.0 Å². The van der Waals surface area contributed by atoms with E-state index < -0.39 is 15.2 Å². The van der Waals surface area contributed by atoms with Gasteiger partial charge in [0.15, 0.2) is 0 Å². The van der Waals surface area contributed by atoms with Crippen molar-refractivity contribution in [2.45, 2.75) is 0 Å². The van der Waals surface area contributed by atoms with E-state index in [1.807, 2.05) is 0 Å². The molecule has 0 aromatic heterocycles. The molecule has 0 aliphatic rings. The maximum absolute atomic E-state index is 9.48. The van der Waals surface area contributed by atoms with E-state index in [4.69, 9.17) is 4.55 Å². The van der Waals surface area contributed by atoms with Crippen molar-refractivity contribution < 1.29 is 13.0 Å². The van der Waals surface area contributed by atoms with Crippen LogP contribution in [0, 0.1) is 0 Å². The summed E-state index contributed by atoms with van der Waals surface area (Å²) in [5, 5.41) is -0.507. The van der Waals surface area contributed by atoms with Gasteiger partial charge >= 0.3 is 29.6 Å². The van der Waals surface area contributed by atoms with Crippen LogP contribution in [0.25, 0.3) is 0 Å². The summed E-state index contributed by atoms with van der Waals surface area (Å²) in [6.07, 6.45) is 0. The average Bonchev–Trinajstić information content (AvgIpc) is 1.35. The van der Waals surface area contributed by atoms with Crippen LogP contribution in [0.4, 0.5) is 0 Å². The molecule has 0 aliphatic carbocycles. The van der Waals surface area contributed by atoms with E-state index in [0.717, 1.165) is 0 Å². The van der Waals surface area contributed by atoms with Gasteiger partial charge in [0.1, 0.15) is 5.08 Å². The monoisotopic (exact) mass is 152 g/mol. The topological polar surface area (TPSA) is 54.4 Å². The Balaban J connectivity index is 0. The molecule has 0 saturated carbocycles. The van der Waals surface area contributed by atoms with Crippen LogP contribution in [0.2, 0.25) is 0 Å². The summed E-state index contributed by atoms with van der Waals surface area (Å²) in [7, 11) is -3.80. The van der Waals surface area contributed by atoms with Crippen LogP contribution < -0.4 is 0 Å². The number of rotatable bonds is 1. The van der Waals surface area contributed by atoms with Gasteiger partial charge in [0.25, 0.3) is 10.1 Å². The molecule has 3 nitrogen and oxygen atoms in total. The van der Waals surface area contributed by atoms with Gasteiger partial charge in [0.2, 0.25) is 0 Å². The first-order valence-corrected chi connectivity index (χ1v) is 3.36. The molecule has 0 aliphatic heterocycles. The third-order valence-electron chi connectivity index (χ3n) is 0.163. The summed E-state index contributed by atoms with van der Waals surface area (Å²) in [5.74, 6) is 0. The molecule has 0 unspecified atom stereocenters. The van der Waals surface area contributed by atoms with E-state index >= 15 is 0 Å². The first-order chi connectivity index (χ1) is 2.56. The summed E-state index contributed by atoms with van der Waals surface area (Å²) in [6, 6.07) is 0. The third kappa shape index (κ3) is 11.1. The quantitative estimate of drug-likeness (QED) is 0.291. The molecular formula is CH5NaO3S2. The molecule has 0 aromatic carbocycles. The first kappa shape index (κ1) is 11.1. The molecule has 1 N–H and O–H groups in total. The fraction of sp³-hybridized carbons (Fsp3) is 1.00. The van der Waals surface area contributed by atoms with Gasteiger partial charge in [-0.1, -0.05) is 0 Å². The zero-order valence-electron chi connectivity index (χ0n) is 2.83. The van der Waals surface area contributed by atoms with E-state index in [1.165, 1.54) is 0 Å². The van der Waals surface area contributed by atoms with Crippen LogP contribution in [0.3, 0.4) is 0 Å². The Kier molecular flexibility index (Phi) is 6.62. The maximum atomic E-state index is 9.48. The van der Waals surface area contributed by atoms with Crippen LogP contribution >= 0.6 is 12.6 Å². The zero-order valence-corrected chi connectivity index (χ0v) is 4.54. The van der Waals surface area contributed by atoms with Crippen molar-refractivity contribution in [1.29, 1.82) is 0 Å². The minimum absolute atomic E-state index is 0. The Morgan fingerprint density at radius 1 is 1.57 bits per heavy atom. The van der Waals surface area contributed by atoms with E-state index in [9.17, 15) is 8.42 Å². The van der Waals surface area contributed by atoms with E-state index in [2.05, 4.69) is 12.6 Å². The SMILES string of the molecule is O=S(=O)(O)CS.[NaH]. The van der Waals surface area contributed by atoms with Crippen molar-refractivity contribution in [3.8, 4) is 0 Å². The Hall–Kier alpha value is 1.26. The third-order valence-corrected chi connectivity index (χ3v) is 1.47. The van der Waals surface area contributed by atoms with Gasteiger partial charge < -0.3 is 0 Å². The van der Waals surface area contributed by atoms with Crippen LogP contribution in [0.1, 0.15) is 0 Å². The second kappa shape index (κ2) is 4.17. The Labute approximate surface area is 69.9 Å². The van der Waals surface area contributed by atoms with Gasteiger partial charge in [-0.05, 0) is 0 Å². The van der Waals surface area contributed by atoms with Crippen molar-refractivity contribution in [2.75, 3.05) is 5.08 Å². The van der Waals surface area contributed by atoms with E-state index in [-0.39, 0.29) is 29.6 Å². The zero-order chi connectivity index (χ0) is 5.21. The summed E-state index contributed by atoms with van der Waals surface area (Å²) in [6.45, 7) is 0. The van der Waals surface area contributed by atoms with Crippen molar-refractivity contribution >= 4 is 52.3 Å². The molecule has 7 heavy (non-hydrogen) atoms. The number of hydrogen-bond donors (Lipinski definition) is 2. The van der Waals surface area contributed by atoms with Gasteiger partial charge in [0.05, 0.1) is 0 Å². The Morgan fingerprint density at radius 3 is 1.71 bits per heavy atom. The Morgan fingerprint density at radius 2 is 1.71 bits per heavy atom. The molecule has 0 heterocycles. The molecule has 0 fully saturated rings. The van der Waals surface area contributed by atoms with Crippen molar-refractivity contribution in [1.82, 2.24) is 0 Å². The van der Waals surface area contributed by atoms with Crippen molar-refractivity contribution in [3.63, 3.8) is 0 Å². The molecule has 0 atom stereocenters. The van der Waals surface area contributed by atoms with Crippen LogP contribution in [0.15, 0.2) is 0 Å². The van der Waals surface area contributed by atoms with Crippen LogP contribution in [0.5, 0.6) is 0 Å². The van der Waals surface area contributed by atoms with Gasteiger partial charge in [0, 0.05) is 0 Å². The second-order valence-electron chi connectivity index (χ2n) is 0.711. The fourth-order valence-electron chi connectivity index (χ4n) is 0. The van der Waals surface area contributed by atoms with Crippen molar-refractivity contribution in [2.24, 2.45) is 0 Å². The fourth-order valence-corrected chi connectivity index (χ4v) is 0. The summed E-state index contributed by atoms with van der Waals surface area (Å²) < 4.78 is 26.7. The summed E-state index contributed by atoms with van der Waals surface area (Å²) >= 11 is 3.26. The summed E-state index contributed by atoms with van der Waals surface area (Å²) in [5.41, 5.74) is 0. The van der Waals surface area contributed by atoms with E-state index in [0.29, 0.717) is 0 Å².